The standard InChI is InChI=1S/C23H19N5O2S/c1-15-19(23(30)28-22(26-15)21-24-11-6-12-25-21)14-20(29)27-16-7-5-10-18(13-16)31-17-8-3-2-4-9-17/h2-13H,14H2,1H3,(H,27,29)(H,26,28,30). The second kappa shape index (κ2) is 9.36. The molecular formula is C23H19N5O2S. The van der Waals surface area contributed by atoms with Gasteiger partial charge in [-0.1, -0.05) is 36.0 Å². The average Bonchev–Trinajstić information content (AvgIpc) is 2.78. The number of aromatic amines is 1. The fraction of sp³-hybridized carbons (Fsp3) is 0.0870. The van der Waals surface area contributed by atoms with E-state index in [-0.39, 0.29) is 23.7 Å². The second-order valence-corrected chi connectivity index (χ2v) is 7.87. The van der Waals surface area contributed by atoms with E-state index >= 15 is 0 Å². The largest absolute Gasteiger partial charge is 0.326 e. The van der Waals surface area contributed by atoms with Crippen LogP contribution >= 0.6 is 11.8 Å². The van der Waals surface area contributed by atoms with Crippen LogP contribution in [0.25, 0.3) is 11.6 Å². The first-order valence-electron chi connectivity index (χ1n) is 9.58. The number of hydrogen-bond donors (Lipinski definition) is 2. The maximum atomic E-state index is 12.6. The van der Waals surface area contributed by atoms with E-state index in [0.29, 0.717) is 22.8 Å². The molecular weight excluding hydrogens is 410 g/mol. The predicted octanol–water partition coefficient (Wildman–Crippen LogP) is 3.87. The van der Waals surface area contributed by atoms with Crippen molar-refractivity contribution in [3.05, 3.63) is 94.7 Å². The fourth-order valence-corrected chi connectivity index (χ4v) is 3.87. The lowest BCUT2D eigenvalue weighted by molar-refractivity contribution is -0.115. The molecule has 7 nitrogen and oxygen atoms in total. The molecule has 2 aromatic heterocycles. The molecule has 0 aliphatic carbocycles. The van der Waals surface area contributed by atoms with E-state index in [0.717, 1.165) is 9.79 Å². The van der Waals surface area contributed by atoms with Gasteiger partial charge in [0.1, 0.15) is 0 Å². The Balaban J connectivity index is 1.47. The Kier molecular flexibility index (Phi) is 6.18. The number of carbonyl (C=O) groups excluding carboxylic acids is 1. The molecule has 0 atom stereocenters. The monoisotopic (exact) mass is 429 g/mol. The third kappa shape index (κ3) is 5.23. The van der Waals surface area contributed by atoms with Gasteiger partial charge in [0.05, 0.1) is 6.42 Å². The summed E-state index contributed by atoms with van der Waals surface area (Å²) in [5, 5.41) is 2.86. The molecule has 0 spiro atoms. The topological polar surface area (TPSA) is 101 Å². The van der Waals surface area contributed by atoms with Gasteiger partial charge in [-0.2, -0.15) is 0 Å². The zero-order valence-corrected chi connectivity index (χ0v) is 17.5. The van der Waals surface area contributed by atoms with Crippen molar-refractivity contribution in [1.29, 1.82) is 0 Å². The number of amides is 1. The molecule has 4 aromatic rings. The van der Waals surface area contributed by atoms with Crippen molar-refractivity contribution >= 4 is 23.4 Å². The molecule has 0 saturated carbocycles. The highest BCUT2D eigenvalue weighted by atomic mass is 32.2. The highest BCUT2D eigenvalue weighted by molar-refractivity contribution is 7.99. The van der Waals surface area contributed by atoms with Crippen LogP contribution in [0.5, 0.6) is 0 Å². The molecule has 154 valence electrons. The molecule has 2 heterocycles. The number of H-pyrrole nitrogens is 1. The van der Waals surface area contributed by atoms with Crippen molar-refractivity contribution in [1.82, 2.24) is 19.9 Å². The Hall–Kier alpha value is -3.78. The number of anilines is 1. The highest BCUT2D eigenvalue weighted by Crippen LogP contribution is 2.29. The molecule has 2 N–H and O–H groups in total. The SMILES string of the molecule is Cc1nc(-c2ncccn2)[nH]c(=O)c1CC(=O)Nc1cccc(Sc2ccccc2)c1. The van der Waals surface area contributed by atoms with Crippen LogP contribution < -0.4 is 10.9 Å². The second-order valence-electron chi connectivity index (χ2n) is 6.72. The lowest BCUT2D eigenvalue weighted by Gasteiger charge is -2.09. The molecule has 2 aromatic carbocycles. The van der Waals surface area contributed by atoms with E-state index in [1.165, 1.54) is 0 Å². The first-order chi connectivity index (χ1) is 15.1. The van der Waals surface area contributed by atoms with Gasteiger partial charge in [-0.05, 0) is 43.3 Å². The van der Waals surface area contributed by atoms with Crippen molar-refractivity contribution in [3.8, 4) is 11.6 Å². The Morgan fingerprint density at radius 3 is 2.48 bits per heavy atom. The Morgan fingerprint density at radius 1 is 1.00 bits per heavy atom. The zero-order valence-electron chi connectivity index (χ0n) is 16.7. The lowest BCUT2D eigenvalue weighted by Crippen LogP contribution is -2.24. The summed E-state index contributed by atoms with van der Waals surface area (Å²) in [7, 11) is 0. The molecule has 0 aliphatic rings. The quantitative estimate of drug-likeness (QED) is 0.483. The molecule has 0 saturated heterocycles. The molecule has 8 heteroatoms. The number of hydrogen-bond acceptors (Lipinski definition) is 6. The predicted molar refractivity (Wildman–Crippen MR) is 120 cm³/mol. The summed E-state index contributed by atoms with van der Waals surface area (Å²) in [6.45, 7) is 1.70. The summed E-state index contributed by atoms with van der Waals surface area (Å²) < 4.78 is 0. The van der Waals surface area contributed by atoms with Crippen LogP contribution in [0.15, 0.2) is 87.6 Å². The van der Waals surface area contributed by atoms with E-state index < -0.39 is 0 Å². The molecule has 0 fully saturated rings. The van der Waals surface area contributed by atoms with Crippen LogP contribution in [0.2, 0.25) is 0 Å². The van der Waals surface area contributed by atoms with Gasteiger partial charge in [0.15, 0.2) is 11.6 Å². The van der Waals surface area contributed by atoms with Gasteiger partial charge in [-0.15, -0.1) is 0 Å². The molecule has 1 amide bonds. The summed E-state index contributed by atoms with van der Waals surface area (Å²) in [5.41, 5.74) is 1.07. The number of carbonyl (C=O) groups is 1. The summed E-state index contributed by atoms with van der Waals surface area (Å²) in [4.78, 5) is 42.5. The number of aryl methyl sites for hydroxylation is 1. The van der Waals surface area contributed by atoms with Crippen LogP contribution in [0.1, 0.15) is 11.3 Å². The van der Waals surface area contributed by atoms with E-state index in [1.54, 1.807) is 37.1 Å². The van der Waals surface area contributed by atoms with Gasteiger partial charge >= 0.3 is 0 Å². The van der Waals surface area contributed by atoms with Crippen molar-refractivity contribution in [2.75, 3.05) is 5.32 Å². The number of aromatic nitrogens is 4. The van der Waals surface area contributed by atoms with Gasteiger partial charge in [-0.3, -0.25) is 9.59 Å². The van der Waals surface area contributed by atoms with E-state index in [1.807, 2.05) is 54.6 Å². The van der Waals surface area contributed by atoms with Gasteiger partial charge in [-0.25, -0.2) is 15.0 Å². The molecule has 0 unspecified atom stereocenters. The normalized spacial score (nSPS) is 10.6. The maximum absolute atomic E-state index is 12.6. The fourth-order valence-electron chi connectivity index (χ4n) is 2.97. The molecule has 4 rings (SSSR count). The maximum Gasteiger partial charge on any atom is 0.255 e. The first kappa shape index (κ1) is 20.5. The number of nitrogens with zero attached hydrogens (tertiary/aromatic N) is 3. The van der Waals surface area contributed by atoms with Gasteiger partial charge in [0.2, 0.25) is 5.91 Å². The van der Waals surface area contributed by atoms with E-state index in [9.17, 15) is 9.59 Å². The third-order valence-electron chi connectivity index (χ3n) is 4.43. The molecule has 0 aliphatic heterocycles. The zero-order chi connectivity index (χ0) is 21.6. The van der Waals surface area contributed by atoms with E-state index in [2.05, 4.69) is 25.3 Å². The first-order valence-corrected chi connectivity index (χ1v) is 10.4. The van der Waals surface area contributed by atoms with E-state index in [4.69, 9.17) is 0 Å². The highest BCUT2D eigenvalue weighted by Gasteiger charge is 2.15. The van der Waals surface area contributed by atoms with Crippen LogP contribution in [0.4, 0.5) is 5.69 Å². The van der Waals surface area contributed by atoms with Crippen molar-refractivity contribution in [3.63, 3.8) is 0 Å². The summed E-state index contributed by atoms with van der Waals surface area (Å²) in [6, 6.07) is 19.3. The van der Waals surface area contributed by atoms with Crippen molar-refractivity contribution in [2.45, 2.75) is 23.1 Å². The minimum atomic E-state index is -0.376. The van der Waals surface area contributed by atoms with Crippen molar-refractivity contribution < 1.29 is 4.79 Å². The van der Waals surface area contributed by atoms with Crippen LogP contribution in [0, 0.1) is 6.92 Å². The van der Waals surface area contributed by atoms with Gasteiger partial charge in [0.25, 0.3) is 5.56 Å². The minimum Gasteiger partial charge on any atom is -0.326 e. The third-order valence-corrected chi connectivity index (χ3v) is 5.43. The Bertz CT molecular complexity index is 1260. The molecule has 31 heavy (non-hydrogen) atoms. The lowest BCUT2D eigenvalue weighted by atomic mass is 10.1. The number of nitrogens with one attached hydrogen (secondary N) is 2. The Morgan fingerprint density at radius 2 is 1.74 bits per heavy atom. The Labute approximate surface area is 183 Å². The van der Waals surface area contributed by atoms with Crippen LogP contribution in [-0.4, -0.2) is 25.8 Å². The summed E-state index contributed by atoms with van der Waals surface area (Å²) >= 11 is 1.61. The smallest absolute Gasteiger partial charge is 0.255 e. The minimum absolute atomic E-state index is 0.0832. The summed E-state index contributed by atoms with van der Waals surface area (Å²) in [6.07, 6.45) is 3.06. The van der Waals surface area contributed by atoms with Gasteiger partial charge < -0.3 is 10.3 Å². The molecule has 0 bridgehead atoms. The average molecular weight is 430 g/mol. The number of rotatable bonds is 6. The summed E-state index contributed by atoms with van der Waals surface area (Å²) in [5.74, 6) is 0.310. The van der Waals surface area contributed by atoms with Gasteiger partial charge in [0, 0.05) is 39.1 Å². The van der Waals surface area contributed by atoms with Crippen molar-refractivity contribution in [2.24, 2.45) is 0 Å². The van der Waals surface area contributed by atoms with Crippen LogP contribution in [0.3, 0.4) is 0 Å². The molecule has 0 radical (unpaired) electrons. The van der Waals surface area contributed by atoms with Crippen LogP contribution in [-0.2, 0) is 11.2 Å². The number of benzene rings is 2.